The van der Waals surface area contributed by atoms with Crippen LogP contribution in [0, 0.1) is 24.7 Å². The van der Waals surface area contributed by atoms with Crippen LogP contribution < -0.4 is 10.2 Å². The summed E-state index contributed by atoms with van der Waals surface area (Å²) in [5, 5.41) is 2.69. The first kappa shape index (κ1) is 24.5. The van der Waals surface area contributed by atoms with E-state index in [0.29, 0.717) is 37.2 Å². The molecular weight excluding hydrogens is 497 g/mol. The molecule has 0 radical (unpaired) electrons. The SMILES string of the molecule is CCN1C(=O)[C@@H]2C(c3cc(-c4cc(NC(=O)c5ccnc(C(F)(F)F)c5)ccc4C)cnc31)[C@H]1COC[C@H]12. The second-order valence-corrected chi connectivity index (χ2v) is 10.0. The number of anilines is 2. The molecular formula is C28H25F3N4O3. The zero-order chi connectivity index (χ0) is 26.8. The third-order valence-electron chi connectivity index (χ3n) is 7.98. The monoisotopic (exact) mass is 522 g/mol. The molecule has 4 atom stereocenters. The van der Waals surface area contributed by atoms with Crippen LogP contribution in [0.4, 0.5) is 24.7 Å². The number of amides is 2. The lowest BCUT2D eigenvalue weighted by Crippen LogP contribution is -2.57. The summed E-state index contributed by atoms with van der Waals surface area (Å²) in [5.41, 5.74) is 2.82. The number of rotatable bonds is 4. The smallest absolute Gasteiger partial charge is 0.381 e. The lowest BCUT2D eigenvalue weighted by molar-refractivity contribution is -0.141. The van der Waals surface area contributed by atoms with Crippen LogP contribution in [0.2, 0.25) is 0 Å². The van der Waals surface area contributed by atoms with Gasteiger partial charge in [-0.15, -0.1) is 0 Å². The molecule has 38 heavy (non-hydrogen) atoms. The summed E-state index contributed by atoms with van der Waals surface area (Å²) < 4.78 is 44.8. The van der Waals surface area contributed by atoms with E-state index in [0.717, 1.165) is 34.5 Å². The van der Waals surface area contributed by atoms with Crippen LogP contribution in [0.1, 0.15) is 40.0 Å². The maximum absolute atomic E-state index is 13.2. The topological polar surface area (TPSA) is 84.4 Å². The fraction of sp³-hybridized carbons (Fsp3) is 0.357. The van der Waals surface area contributed by atoms with Crippen LogP contribution in [-0.4, -0.2) is 41.5 Å². The number of carbonyl (C=O) groups is 2. The molecule has 0 bridgehead atoms. The minimum atomic E-state index is -4.64. The van der Waals surface area contributed by atoms with E-state index in [-0.39, 0.29) is 29.2 Å². The van der Waals surface area contributed by atoms with Gasteiger partial charge in [-0.05, 0) is 61.2 Å². The molecule has 2 aliphatic heterocycles. The number of aryl methyl sites for hydroxylation is 1. The van der Waals surface area contributed by atoms with Gasteiger partial charge in [-0.3, -0.25) is 19.5 Å². The zero-order valence-corrected chi connectivity index (χ0v) is 20.7. The highest BCUT2D eigenvalue weighted by Gasteiger charge is 2.60. The van der Waals surface area contributed by atoms with Gasteiger partial charge in [0.15, 0.2) is 0 Å². The van der Waals surface area contributed by atoms with Crippen molar-refractivity contribution in [1.29, 1.82) is 0 Å². The van der Waals surface area contributed by atoms with Crippen LogP contribution in [0.5, 0.6) is 0 Å². The van der Waals surface area contributed by atoms with Crippen molar-refractivity contribution in [2.45, 2.75) is 25.9 Å². The molecule has 1 N–H and O–H groups in total. The van der Waals surface area contributed by atoms with Crippen molar-refractivity contribution in [1.82, 2.24) is 9.97 Å². The summed E-state index contributed by atoms with van der Waals surface area (Å²) in [7, 11) is 0. The van der Waals surface area contributed by atoms with E-state index in [1.165, 1.54) is 6.07 Å². The van der Waals surface area contributed by atoms with Gasteiger partial charge in [-0.1, -0.05) is 6.07 Å². The Morgan fingerprint density at radius 2 is 1.87 bits per heavy atom. The Hall–Kier alpha value is -3.79. The van der Waals surface area contributed by atoms with Crippen molar-refractivity contribution >= 4 is 23.3 Å². The zero-order valence-electron chi connectivity index (χ0n) is 20.7. The second kappa shape index (κ2) is 8.90. The van der Waals surface area contributed by atoms with Gasteiger partial charge in [-0.25, -0.2) is 4.98 Å². The molecule has 10 heteroatoms. The Bertz CT molecular complexity index is 1460. The molecule has 196 valence electrons. The molecule has 1 saturated carbocycles. The number of ether oxygens (including phenoxy) is 1. The molecule has 6 rings (SSSR count). The van der Waals surface area contributed by atoms with E-state index < -0.39 is 17.8 Å². The molecule has 1 aliphatic carbocycles. The molecule has 2 fully saturated rings. The predicted molar refractivity (Wildman–Crippen MR) is 134 cm³/mol. The first-order valence-electron chi connectivity index (χ1n) is 12.5. The number of benzene rings is 1. The minimum absolute atomic E-state index is 0.0676. The van der Waals surface area contributed by atoms with E-state index in [4.69, 9.17) is 9.72 Å². The quantitative estimate of drug-likeness (QED) is 0.518. The minimum Gasteiger partial charge on any atom is -0.381 e. The third kappa shape index (κ3) is 3.86. The van der Waals surface area contributed by atoms with Crippen molar-refractivity contribution in [3.8, 4) is 11.1 Å². The molecule has 2 amide bonds. The Kier molecular flexibility index (Phi) is 5.75. The fourth-order valence-corrected chi connectivity index (χ4v) is 6.10. The fourth-order valence-electron chi connectivity index (χ4n) is 6.10. The number of nitrogens with one attached hydrogen (secondary N) is 1. The maximum Gasteiger partial charge on any atom is 0.433 e. The summed E-state index contributed by atoms with van der Waals surface area (Å²) in [4.78, 5) is 35.7. The van der Waals surface area contributed by atoms with Gasteiger partial charge >= 0.3 is 6.18 Å². The summed E-state index contributed by atoms with van der Waals surface area (Å²) in [6.45, 7) is 5.66. The lowest BCUT2D eigenvalue weighted by atomic mass is 9.54. The van der Waals surface area contributed by atoms with Gasteiger partial charge in [0.2, 0.25) is 5.91 Å². The van der Waals surface area contributed by atoms with Gasteiger partial charge in [0.25, 0.3) is 5.91 Å². The molecule has 0 spiro atoms. The van der Waals surface area contributed by atoms with Crippen molar-refractivity contribution in [2.24, 2.45) is 17.8 Å². The predicted octanol–water partition coefficient (Wildman–Crippen LogP) is 5.07. The normalized spacial score (nSPS) is 23.8. The lowest BCUT2D eigenvalue weighted by Gasteiger charge is -2.52. The van der Waals surface area contributed by atoms with Crippen molar-refractivity contribution < 1.29 is 27.5 Å². The van der Waals surface area contributed by atoms with Gasteiger partial charge in [-0.2, -0.15) is 13.2 Å². The Morgan fingerprint density at radius 1 is 1.11 bits per heavy atom. The summed E-state index contributed by atoms with van der Waals surface area (Å²) in [6, 6.07) is 9.38. The number of hydrogen-bond donors (Lipinski definition) is 1. The second-order valence-electron chi connectivity index (χ2n) is 10.0. The van der Waals surface area contributed by atoms with E-state index in [1.807, 2.05) is 19.9 Å². The highest BCUT2D eigenvalue weighted by atomic mass is 19.4. The van der Waals surface area contributed by atoms with Crippen LogP contribution in [0.15, 0.2) is 48.8 Å². The van der Waals surface area contributed by atoms with Crippen molar-refractivity contribution in [3.05, 3.63) is 71.2 Å². The highest BCUT2D eigenvalue weighted by molar-refractivity contribution is 6.04. The van der Waals surface area contributed by atoms with Gasteiger partial charge in [0.1, 0.15) is 11.5 Å². The largest absolute Gasteiger partial charge is 0.433 e. The number of nitrogens with zero attached hydrogens (tertiary/aromatic N) is 3. The molecule has 1 unspecified atom stereocenters. The van der Waals surface area contributed by atoms with Crippen LogP contribution >= 0.6 is 0 Å². The van der Waals surface area contributed by atoms with E-state index in [1.54, 1.807) is 23.2 Å². The molecule has 1 saturated heterocycles. The molecule has 4 heterocycles. The van der Waals surface area contributed by atoms with Gasteiger partial charge in [0.05, 0.1) is 19.1 Å². The Morgan fingerprint density at radius 3 is 2.61 bits per heavy atom. The van der Waals surface area contributed by atoms with Gasteiger partial charge < -0.3 is 10.1 Å². The van der Waals surface area contributed by atoms with Crippen molar-refractivity contribution in [3.63, 3.8) is 0 Å². The number of aromatic nitrogens is 2. The van der Waals surface area contributed by atoms with E-state index >= 15 is 0 Å². The number of fused-ring (bicyclic) bond motifs is 6. The van der Waals surface area contributed by atoms with Crippen molar-refractivity contribution in [2.75, 3.05) is 30.0 Å². The summed E-state index contributed by atoms with van der Waals surface area (Å²) in [6.07, 6.45) is -1.95. The number of halogens is 3. The number of carbonyl (C=O) groups excluding carboxylic acids is 2. The third-order valence-corrected chi connectivity index (χ3v) is 7.98. The Labute approximate surface area is 217 Å². The van der Waals surface area contributed by atoms with E-state index in [9.17, 15) is 22.8 Å². The van der Waals surface area contributed by atoms with Crippen LogP contribution in [0.25, 0.3) is 11.1 Å². The molecule has 1 aromatic carbocycles. The molecule has 2 aromatic heterocycles. The Balaban J connectivity index is 1.32. The highest BCUT2D eigenvalue weighted by Crippen LogP contribution is 2.60. The van der Waals surface area contributed by atoms with Crippen LogP contribution in [0.3, 0.4) is 0 Å². The summed E-state index contributed by atoms with van der Waals surface area (Å²) >= 11 is 0. The number of hydrogen-bond acceptors (Lipinski definition) is 5. The standard InChI is InChI=1S/C28H25F3N4O3/c1-3-35-25-19(23-20-12-38-13-21(20)24(23)27(35)37)8-16(11-33-25)18-10-17(5-4-14(18)2)34-26(36)15-6-7-32-22(9-15)28(29,30)31/h4-11,20-21,23-24H,3,12-13H2,1-2H3,(H,34,36)/t20-,21+,23?,24-/m0/s1. The average molecular weight is 523 g/mol. The first-order valence-corrected chi connectivity index (χ1v) is 12.5. The maximum atomic E-state index is 13.2. The summed E-state index contributed by atoms with van der Waals surface area (Å²) in [5.74, 6) is 0.643. The van der Waals surface area contributed by atoms with Gasteiger partial charge in [0, 0.05) is 53.2 Å². The molecule has 7 nitrogen and oxygen atoms in total. The van der Waals surface area contributed by atoms with E-state index in [2.05, 4.69) is 16.4 Å². The molecule has 3 aromatic rings. The average Bonchev–Trinajstić information content (AvgIpc) is 3.28. The number of pyridine rings is 2. The number of alkyl halides is 3. The molecule has 3 aliphatic rings. The first-order chi connectivity index (χ1) is 18.2. The van der Waals surface area contributed by atoms with Crippen LogP contribution in [-0.2, 0) is 15.7 Å².